The number of carbonyl (C=O) groups is 4. The maximum Gasteiger partial charge on any atom is 0.321 e. The van der Waals surface area contributed by atoms with Gasteiger partial charge in [-0.05, 0) is 45.2 Å². The SMILES string of the molecule is Cc1ccccc1C(=O)N1CCC(C(=O)OCC(=O)NC(=O)NC(C)C)CC1. The van der Waals surface area contributed by atoms with Crippen LogP contribution in [0.2, 0.25) is 0 Å². The number of nitrogens with zero attached hydrogens (tertiary/aromatic N) is 1. The largest absolute Gasteiger partial charge is 0.455 e. The molecule has 28 heavy (non-hydrogen) atoms. The molecule has 0 aromatic heterocycles. The van der Waals surface area contributed by atoms with Gasteiger partial charge in [0.25, 0.3) is 11.8 Å². The highest BCUT2D eigenvalue weighted by Gasteiger charge is 2.29. The molecule has 1 aliphatic rings. The fourth-order valence-electron chi connectivity index (χ4n) is 3.02. The molecular weight excluding hydrogens is 362 g/mol. The lowest BCUT2D eigenvalue weighted by molar-refractivity contribution is -0.153. The molecule has 2 rings (SSSR count). The van der Waals surface area contributed by atoms with Gasteiger partial charge in [-0.1, -0.05) is 18.2 Å². The number of aryl methyl sites for hydroxylation is 1. The Balaban J connectivity index is 1.76. The van der Waals surface area contributed by atoms with Gasteiger partial charge in [0.05, 0.1) is 5.92 Å². The second-order valence-electron chi connectivity index (χ2n) is 7.17. The van der Waals surface area contributed by atoms with Crippen LogP contribution in [0, 0.1) is 12.8 Å². The van der Waals surface area contributed by atoms with Crippen molar-refractivity contribution in [3.63, 3.8) is 0 Å². The molecule has 1 fully saturated rings. The first-order chi connectivity index (χ1) is 13.3. The lowest BCUT2D eigenvalue weighted by atomic mass is 9.96. The minimum Gasteiger partial charge on any atom is -0.455 e. The normalized spacial score (nSPS) is 14.5. The highest BCUT2D eigenvalue weighted by atomic mass is 16.5. The Bertz CT molecular complexity index is 739. The predicted octanol–water partition coefficient (Wildman–Crippen LogP) is 1.62. The zero-order valence-electron chi connectivity index (χ0n) is 16.5. The second-order valence-corrected chi connectivity index (χ2v) is 7.17. The zero-order chi connectivity index (χ0) is 20.7. The van der Waals surface area contributed by atoms with Crippen LogP contribution >= 0.6 is 0 Å². The Morgan fingerprint density at radius 1 is 1.14 bits per heavy atom. The van der Waals surface area contributed by atoms with Crippen LogP contribution in [-0.2, 0) is 14.3 Å². The highest BCUT2D eigenvalue weighted by Crippen LogP contribution is 2.21. The van der Waals surface area contributed by atoms with Gasteiger partial charge in [0.2, 0.25) is 0 Å². The van der Waals surface area contributed by atoms with Crippen molar-refractivity contribution in [2.75, 3.05) is 19.7 Å². The number of esters is 1. The van der Waals surface area contributed by atoms with E-state index >= 15 is 0 Å². The summed E-state index contributed by atoms with van der Waals surface area (Å²) in [5, 5.41) is 4.60. The second kappa shape index (κ2) is 9.87. The van der Waals surface area contributed by atoms with Crippen LogP contribution in [0.5, 0.6) is 0 Å². The van der Waals surface area contributed by atoms with E-state index in [1.54, 1.807) is 24.8 Å². The minimum atomic E-state index is -0.682. The van der Waals surface area contributed by atoms with E-state index in [1.807, 2.05) is 25.1 Å². The number of ether oxygens (including phenoxy) is 1. The minimum absolute atomic E-state index is 0.0412. The van der Waals surface area contributed by atoms with Gasteiger partial charge in [-0.3, -0.25) is 19.7 Å². The molecule has 0 bridgehead atoms. The number of hydrogen-bond acceptors (Lipinski definition) is 5. The third-order valence-corrected chi connectivity index (χ3v) is 4.51. The first-order valence-corrected chi connectivity index (χ1v) is 9.39. The van der Waals surface area contributed by atoms with Gasteiger partial charge < -0.3 is 15.0 Å². The van der Waals surface area contributed by atoms with Crippen molar-refractivity contribution < 1.29 is 23.9 Å². The van der Waals surface area contributed by atoms with E-state index in [1.165, 1.54) is 0 Å². The maximum absolute atomic E-state index is 12.6. The molecule has 0 atom stereocenters. The molecule has 1 aromatic rings. The Morgan fingerprint density at radius 2 is 1.79 bits per heavy atom. The van der Waals surface area contributed by atoms with Gasteiger partial charge in [0, 0.05) is 24.7 Å². The predicted molar refractivity (Wildman–Crippen MR) is 103 cm³/mol. The maximum atomic E-state index is 12.6. The summed E-state index contributed by atoms with van der Waals surface area (Å²) in [6, 6.07) is 6.67. The summed E-state index contributed by atoms with van der Waals surface area (Å²) in [5.41, 5.74) is 1.58. The van der Waals surface area contributed by atoms with Gasteiger partial charge in [-0.25, -0.2) is 4.79 Å². The molecule has 0 unspecified atom stereocenters. The molecule has 1 heterocycles. The molecule has 152 valence electrons. The molecular formula is C20H27N3O5. The van der Waals surface area contributed by atoms with E-state index in [-0.39, 0.29) is 17.9 Å². The van der Waals surface area contributed by atoms with Crippen molar-refractivity contribution in [1.29, 1.82) is 0 Å². The third kappa shape index (κ3) is 6.07. The molecule has 8 heteroatoms. The van der Waals surface area contributed by atoms with Crippen LogP contribution in [-0.4, -0.2) is 54.5 Å². The molecule has 0 radical (unpaired) electrons. The van der Waals surface area contributed by atoms with E-state index < -0.39 is 24.5 Å². The van der Waals surface area contributed by atoms with E-state index in [0.29, 0.717) is 31.5 Å². The van der Waals surface area contributed by atoms with E-state index in [2.05, 4.69) is 10.6 Å². The Kier molecular flexibility index (Phi) is 7.54. The van der Waals surface area contributed by atoms with Crippen LogP contribution in [0.4, 0.5) is 4.79 Å². The summed E-state index contributed by atoms with van der Waals surface area (Å²) in [6.45, 7) is 5.82. The number of nitrogens with one attached hydrogen (secondary N) is 2. The summed E-state index contributed by atoms with van der Waals surface area (Å²) >= 11 is 0. The number of piperidine rings is 1. The molecule has 0 spiro atoms. The van der Waals surface area contributed by atoms with Crippen molar-refractivity contribution >= 4 is 23.8 Å². The van der Waals surface area contributed by atoms with Gasteiger partial charge >= 0.3 is 12.0 Å². The van der Waals surface area contributed by atoms with Gasteiger partial charge in [0.15, 0.2) is 6.61 Å². The first-order valence-electron chi connectivity index (χ1n) is 9.39. The summed E-state index contributed by atoms with van der Waals surface area (Å²) in [7, 11) is 0. The number of rotatable bonds is 5. The summed E-state index contributed by atoms with van der Waals surface area (Å²) < 4.78 is 5.01. The standard InChI is InChI=1S/C20H27N3O5/c1-13(2)21-20(27)22-17(24)12-28-19(26)15-8-10-23(11-9-15)18(25)16-7-5-4-6-14(16)3/h4-7,13,15H,8-12H2,1-3H3,(H2,21,22,24,27). The summed E-state index contributed by atoms with van der Waals surface area (Å²) in [5.74, 6) is -1.57. The molecule has 1 aliphatic heterocycles. The quantitative estimate of drug-likeness (QED) is 0.745. The smallest absolute Gasteiger partial charge is 0.321 e. The Hall–Kier alpha value is -2.90. The molecule has 1 saturated heterocycles. The summed E-state index contributed by atoms with van der Waals surface area (Å²) in [4.78, 5) is 49.6. The highest BCUT2D eigenvalue weighted by molar-refractivity contribution is 5.96. The van der Waals surface area contributed by atoms with Crippen molar-refractivity contribution in [1.82, 2.24) is 15.5 Å². The van der Waals surface area contributed by atoms with E-state index in [9.17, 15) is 19.2 Å². The number of urea groups is 1. The molecule has 0 saturated carbocycles. The molecule has 1 aromatic carbocycles. The number of hydrogen-bond donors (Lipinski definition) is 2. The van der Waals surface area contributed by atoms with Crippen LogP contribution in [0.1, 0.15) is 42.6 Å². The van der Waals surface area contributed by atoms with Gasteiger partial charge in [0.1, 0.15) is 0 Å². The number of carbonyl (C=O) groups excluding carboxylic acids is 4. The number of imide groups is 1. The Morgan fingerprint density at radius 3 is 2.39 bits per heavy atom. The fraction of sp³-hybridized carbons (Fsp3) is 0.500. The molecule has 4 amide bonds. The van der Waals surface area contributed by atoms with Gasteiger partial charge in [-0.15, -0.1) is 0 Å². The van der Waals surface area contributed by atoms with Crippen LogP contribution in [0.15, 0.2) is 24.3 Å². The van der Waals surface area contributed by atoms with Gasteiger partial charge in [-0.2, -0.15) is 0 Å². The molecule has 2 N–H and O–H groups in total. The molecule has 0 aliphatic carbocycles. The third-order valence-electron chi connectivity index (χ3n) is 4.51. The summed E-state index contributed by atoms with van der Waals surface area (Å²) in [6.07, 6.45) is 0.956. The average molecular weight is 389 g/mol. The van der Waals surface area contributed by atoms with Crippen LogP contribution in [0.25, 0.3) is 0 Å². The first kappa shape index (κ1) is 21.4. The number of benzene rings is 1. The van der Waals surface area contributed by atoms with Crippen LogP contribution < -0.4 is 10.6 Å². The monoisotopic (exact) mass is 389 g/mol. The lowest BCUT2D eigenvalue weighted by Gasteiger charge is -2.31. The van der Waals surface area contributed by atoms with Crippen molar-refractivity contribution in [3.05, 3.63) is 35.4 Å². The zero-order valence-corrected chi connectivity index (χ0v) is 16.5. The fourth-order valence-corrected chi connectivity index (χ4v) is 3.02. The topological polar surface area (TPSA) is 105 Å². The van der Waals surface area contributed by atoms with E-state index in [4.69, 9.17) is 4.74 Å². The lowest BCUT2D eigenvalue weighted by Crippen LogP contribution is -2.44. The van der Waals surface area contributed by atoms with Crippen LogP contribution in [0.3, 0.4) is 0 Å². The van der Waals surface area contributed by atoms with Crippen molar-refractivity contribution in [3.8, 4) is 0 Å². The average Bonchev–Trinajstić information content (AvgIpc) is 2.65. The number of likely N-dealkylation sites (tertiary alicyclic amines) is 1. The number of amides is 4. The van der Waals surface area contributed by atoms with E-state index in [0.717, 1.165) is 5.56 Å². The van der Waals surface area contributed by atoms with Crippen molar-refractivity contribution in [2.45, 2.75) is 39.7 Å². The molecule has 8 nitrogen and oxygen atoms in total. The van der Waals surface area contributed by atoms with Crippen molar-refractivity contribution in [2.24, 2.45) is 5.92 Å². The Labute approximate surface area is 164 Å².